The van der Waals surface area contributed by atoms with E-state index in [-0.39, 0.29) is 0 Å². The number of ether oxygens (including phenoxy) is 1. The molecule has 112 valence electrons. The number of rotatable bonds is 5. The SMILES string of the molecule is CC1CCCC(N2CCC(OCCCN)CC2)C1C. The van der Waals surface area contributed by atoms with Gasteiger partial charge in [-0.25, -0.2) is 0 Å². The molecular formula is C16H32N2O. The predicted molar refractivity (Wildman–Crippen MR) is 80.2 cm³/mol. The fourth-order valence-electron chi connectivity index (χ4n) is 3.78. The van der Waals surface area contributed by atoms with Gasteiger partial charge in [-0.3, -0.25) is 4.90 Å². The fraction of sp³-hybridized carbons (Fsp3) is 1.00. The first-order valence-electron chi connectivity index (χ1n) is 8.28. The summed E-state index contributed by atoms with van der Waals surface area (Å²) < 4.78 is 5.90. The topological polar surface area (TPSA) is 38.5 Å². The summed E-state index contributed by atoms with van der Waals surface area (Å²) in [5.41, 5.74) is 5.50. The minimum Gasteiger partial charge on any atom is -0.378 e. The zero-order valence-corrected chi connectivity index (χ0v) is 12.8. The quantitative estimate of drug-likeness (QED) is 0.779. The van der Waals surface area contributed by atoms with Crippen LogP contribution in [0.4, 0.5) is 0 Å². The van der Waals surface area contributed by atoms with Crippen LogP contribution in [0.25, 0.3) is 0 Å². The lowest BCUT2D eigenvalue weighted by atomic mass is 9.77. The summed E-state index contributed by atoms with van der Waals surface area (Å²) >= 11 is 0. The van der Waals surface area contributed by atoms with Gasteiger partial charge >= 0.3 is 0 Å². The standard InChI is InChI=1S/C16H32N2O/c1-13-5-3-6-16(14(13)2)18-10-7-15(8-11-18)19-12-4-9-17/h13-16H,3-12,17H2,1-2H3. The third-order valence-electron chi connectivity index (χ3n) is 5.31. The molecule has 0 spiro atoms. The van der Waals surface area contributed by atoms with Gasteiger partial charge in [0.05, 0.1) is 6.10 Å². The molecule has 19 heavy (non-hydrogen) atoms. The second kappa shape index (κ2) is 7.61. The fourth-order valence-corrected chi connectivity index (χ4v) is 3.78. The Hall–Kier alpha value is -0.120. The number of hydrogen-bond acceptors (Lipinski definition) is 3. The van der Waals surface area contributed by atoms with E-state index in [0.29, 0.717) is 6.10 Å². The van der Waals surface area contributed by atoms with E-state index in [9.17, 15) is 0 Å². The van der Waals surface area contributed by atoms with Crippen LogP contribution >= 0.6 is 0 Å². The van der Waals surface area contributed by atoms with E-state index in [1.165, 1.54) is 45.2 Å². The predicted octanol–water partition coefficient (Wildman–Crippen LogP) is 2.64. The lowest BCUT2D eigenvalue weighted by molar-refractivity contribution is -0.0185. The van der Waals surface area contributed by atoms with Gasteiger partial charge in [0.1, 0.15) is 0 Å². The van der Waals surface area contributed by atoms with Gasteiger partial charge in [-0.05, 0) is 44.1 Å². The average Bonchev–Trinajstić information content (AvgIpc) is 2.43. The molecule has 0 amide bonds. The van der Waals surface area contributed by atoms with Crippen molar-refractivity contribution in [1.29, 1.82) is 0 Å². The molecule has 1 aliphatic heterocycles. The normalized spacial score (nSPS) is 34.6. The molecule has 2 fully saturated rings. The first kappa shape index (κ1) is 15.3. The Bertz CT molecular complexity index is 251. The van der Waals surface area contributed by atoms with Gasteiger partial charge in [0, 0.05) is 25.7 Å². The van der Waals surface area contributed by atoms with Gasteiger partial charge in [-0.15, -0.1) is 0 Å². The molecule has 0 radical (unpaired) electrons. The van der Waals surface area contributed by atoms with Crippen LogP contribution in [0.3, 0.4) is 0 Å². The minimum absolute atomic E-state index is 0.485. The van der Waals surface area contributed by atoms with Gasteiger partial charge in [-0.2, -0.15) is 0 Å². The van der Waals surface area contributed by atoms with Crippen molar-refractivity contribution in [3.63, 3.8) is 0 Å². The van der Waals surface area contributed by atoms with E-state index in [1.807, 2.05) is 0 Å². The largest absolute Gasteiger partial charge is 0.378 e. The van der Waals surface area contributed by atoms with Crippen molar-refractivity contribution < 1.29 is 4.74 Å². The highest BCUT2D eigenvalue weighted by molar-refractivity contribution is 4.87. The summed E-state index contributed by atoms with van der Waals surface area (Å²) in [6, 6.07) is 0.828. The van der Waals surface area contributed by atoms with Crippen LogP contribution in [0.2, 0.25) is 0 Å². The van der Waals surface area contributed by atoms with Crippen LogP contribution < -0.4 is 5.73 Å². The van der Waals surface area contributed by atoms with Crippen molar-refractivity contribution in [2.24, 2.45) is 17.6 Å². The first-order valence-corrected chi connectivity index (χ1v) is 8.28. The molecule has 0 aromatic heterocycles. The second-order valence-electron chi connectivity index (χ2n) is 6.58. The monoisotopic (exact) mass is 268 g/mol. The van der Waals surface area contributed by atoms with Crippen LogP contribution in [-0.4, -0.2) is 43.3 Å². The van der Waals surface area contributed by atoms with Crippen LogP contribution in [0.5, 0.6) is 0 Å². The van der Waals surface area contributed by atoms with E-state index in [2.05, 4.69) is 18.7 Å². The third-order valence-corrected chi connectivity index (χ3v) is 5.31. The number of hydrogen-bond donors (Lipinski definition) is 1. The summed E-state index contributed by atoms with van der Waals surface area (Å²) in [6.07, 6.45) is 8.16. The zero-order valence-electron chi connectivity index (χ0n) is 12.8. The third kappa shape index (κ3) is 4.17. The highest BCUT2D eigenvalue weighted by Gasteiger charge is 2.33. The molecule has 3 heteroatoms. The summed E-state index contributed by atoms with van der Waals surface area (Å²) in [5, 5.41) is 0. The van der Waals surface area contributed by atoms with E-state index >= 15 is 0 Å². The Labute approximate surface area is 118 Å². The molecule has 3 nitrogen and oxygen atoms in total. The zero-order chi connectivity index (χ0) is 13.7. The molecule has 2 N–H and O–H groups in total. The lowest BCUT2D eigenvalue weighted by Crippen LogP contribution is -2.48. The van der Waals surface area contributed by atoms with Crippen LogP contribution in [-0.2, 0) is 4.74 Å². The Morgan fingerprint density at radius 1 is 1.11 bits per heavy atom. The molecule has 0 bridgehead atoms. The van der Waals surface area contributed by atoms with Gasteiger partial charge in [0.25, 0.3) is 0 Å². The number of nitrogens with zero attached hydrogens (tertiary/aromatic N) is 1. The molecule has 3 atom stereocenters. The smallest absolute Gasteiger partial charge is 0.0599 e. The molecule has 2 aliphatic rings. The highest BCUT2D eigenvalue weighted by Crippen LogP contribution is 2.34. The van der Waals surface area contributed by atoms with Crippen LogP contribution in [0.1, 0.15) is 52.4 Å². The maximum absolute atomic E-state index is 5.90. The second-order valence-corrected chi connectivity index (χ2v) is 6.58. The van der Waals surface area contributed by atoms with E-state index < -0.39 is 0 Å². The Balaban J connectivity index is 1.73. The Morgan fingerprint density at radius 3 is 2.53 bits per heavy atom. The molecule has 1 heterocycles. The maximum atomic E-state index is 5.90. The first-order chi connectivity index (χ1) is 9.22. The minimum atomic E-state index is 0.485. The molecule has 0 aromatic rings. The van der Waals surface area contributed by atoms with Crippen molar-refractivity contribution >= 4 is 0 Å². The Morgan fingerprint density at radius 2 is 1.84 bits per heavy atom. The average molecular weight is 268 g/mol. The Kier molecular flexibility index (Phi) is 6.11. The van der Waals surface area contributed by atoms with Crippen molar-refractivity contribution in [3.8, 4) is 0 Å². The maximum Gasteiger partial charge on any atom is 0.0599 e. The summed E-state index contributed by atoms with van der Waals surface area (Å²) in [4.78, 5) is 2.74. The van der Waals surface area contributed by atoms with E-state index in [1.54, 1.807) is 0 Å². The van der Waals surface area contributed by atoms with Gasteiger partial charge in [-0.1, -0.05) is 26.7 Å². The van der Waals surface area contributed by atoms with Gasteiger partial charge in [0.15, 0.2) is 0 Å². The summed E-state index contributed by atoms with van der Waals surface area (Å²) in [6.45, 7) is 8.94. The van der Waals surface area contributed by atoms with Gasteiger partial charge < -0.3 is 10.5 Å². The van der Waals surface area contributed by atoms with E-state index in [4.69, 9.17) is 10.5 Å². The molecule has 2 rings (SSSR count). The summed E-state index contributed by atoms with van der Waals surface area (Å²) in [5.74, 6) is 1.76. The van der Waals surface area contributed by atoms with Crippen LogP contribution in [0, 0.1) is 11.8 Å². The molecular weight excluding hydrogens is 236 g/mol. The van der Waals surface area contributed by atoms with Crippen molar-refractivity contribution in [3.05, 3.63) is 0 Å². The van der Waals surface area contributed by atoms with Crippen molar-refractivity contribution in [1.82, 2.24) is 4.90 Å². The number of likely N-dealkylation sites (tertiary alicyclic amines) is 1. The van der Waals surface area contributed by atoms with Crippen LogP contribution in [0.15, 0.2) is 0 Å². The van der Waals surface area contributed by atoms with Gasteiger partial charge in [0.2, 0.25) is 0 Å². The molecule has 1 saturated carbocycles. The number of piperidine rings is 1. The lowest BCUT2D eigenvalue weighted by Gasteiger charge is -2.44. The number of nitrogens with two attached hydrogens (primary N) is 1. The molecule has 1 saturated heterocycles. The molecule has 3 unspecified atom stereocenters. The van der Waals surface area contributed by atoms with Crippen molar-refractivity contribution in [2.45, 2.75) is 64.5 Å². The molecule has 1 aliphatic carbocycles. The summed E-state index contributed by atoms with van der Waals surface area (Å²) in [7, 11) is 0. The molecule has 0 aromatic carbocycles. The van der Waals surface area contributed by atoms with E-state index in [0.717, 1.165) is 37.5 Å². The highest BCUT2D eigenvalue weighted by atomic mass is 16.5. The van der Waals surface area contributed by atoms with Crippen molar-refractivity contribution in [2.75, 3.05) is 26.2 Å².